The fourth-order valence-electron chi connectivity index (χ4n) is 1.85. The van der Waals surface area contributed by atoms with Crippen molar-refractivity contribution >= 4 is 0 Å². The number of nitrogens with zero attached hydrogens (tertiary/aromatic N) is 1. The van der Waals surface area contributed by atoms with Gasteiger partial charge in [0.2, 0.25) is 0 Å². The zero-order valence-electron chi connectivity index (χ0n) is 10.8. The molecular formula is C15H17FN2O. The fraction of sp³-hybridized carbons (Fsp3) is 0.267. The van der Waals surface area contributed by atoms with Gasteiger partial charge in [0.15, 0.2) is 0 Å². The monoisotopic (exact) mass is 260 g/mol. The molecule has 19 heavy (non-hydrogen) atoms. The Bertz CT molecular complexity index is 517. The Hall–Kier alpha value is -1.78. The van der Waals surface area contributed by atoms with E-state index in [-0.39, 0.29) is 24.6 Å². The van der Waals surface area contributed by atoms with Crippen molar-refractivity contribution < 1.29 is 9.13 Å². The predicted molar refractivity (Wildman–Crippen MR) is 71.8 cm³/mol. The van der Waals surface area contributed by atoms with Crippen molar-refractivity contribution in [1.29, 1.82) is 0 Å². The minimum atomic E-state index is -0.346. The Morgan fingerprint density at radius 1 is 1.21 bits per heavy atom. The quantitative estimate of drug-likeness (QED) is 0.899. The molecule has 100 valence electrons. The third kappa shape index (κ3) is 3.59. The summed E-state index contributed by atoms with van der Waals surface area (Å²) in [4.78, 5) is 4.24. The number of rotatable bonds is 5. The summed E-state index contributed by atoms with van der Waals surface area (Å²) in [5, 5.41) is 0. The smallest absolute Gasteiger partial charge is 0.128 e. The van der Waals surface area contributed by atoms with Crippen LogP contribution in [0.4, 0.5) is 4.39 Å². The molecule has 0 spiro atoms. The summed E-state index contributed by atoms with van der Waals surface area (Å²) in [5.41, 5.74) is 7.19. The van der Waals surface area contributed by atoms with E-state index in [1.165, 1.54) is 6.07 Å². The fourth-order valence-corrected chi connectivity index (χ4v) is 1.85. The van der Waals surface area contributed by atoms with Crippen LogP contribution in [-0.4, -0.2) is 11.0 Å². The Balaban J connectivity index is 2.09. The van der Waals surface area contributed by atoms with Crippen molar-refractivity contribution in [2.75, 3.05) is 0 Å². The summed E-state index contributed by atoms with van der Waals surface area (Å²) in [6.07, 6.45) is 1.35. The highest BCUT2D eigenvalue weighted by Gasteiger charge is 2.18. The van der Waals surface area contributed by atoms with Crippen molar-refractivity contribution in [2.45, 2.75) is 25.7 Å². The number of halogens is 1. The van der Waals surface area contributed by atoms with Crippen molar-refractivity contribution in [2.24, 2.45) is 5.73 Å². The second kappa shape index (κ2) is 6.41. The molecule has 1 aromatic heterocycles. The summed E-state index contributed by atoms with van der Waals surface area (Å²) in [7, 11) is 0. The van der Waals surface area contributed by atoms with Crippen LogP contribution in [0.2, 0.25) is 0 Å². The first-order chi connectivity index (χ1) is 9.18. The molecule has 2 N–H and O–H groups in total. The number of nitrogens with two attached hydrogens (primary N) is 1. The van der Waals surface area contributed by atoms with Crippen LogP contribution in [0.1, 0.15) is 24.3 Å². The number of aromatic nitrogens is 1. The van der Waals surface area contributed by atoms with Gasteiger partial charge in [0.25, 0.3) is 0 Å². The maximum absolute atomic E-state index is 13.5. The molecule has 0 aliphatic carbocycles. The lowest BCUT2D eigenvalue weighted by molar-refractivity contribution is 0.0217. The lowest BCUT2D eigenvalue weighted by Crippen LogP contribution is -2.27. The average molecular weight is 260 g/mol. The highest BCUT2D eigenvalue weighted by molar-refractivity contribution is 5.16. The van der Waals surface area contributed by atoms with Gasteiger partial charge in [-0.05, 0) is 25.1 Å². The van der Waals surface area contributed by atoms with E-state index in [2.05, 4.69) is 4.98 Å². The Morgan fingerprint density at radius 3 is 2.58 bits per heavy atom. The maximum atomic E-state index is 13.5. The lowest BCUT2D eigenvalue weighted by atomic mass is 10.1. The van der Waals surface area contributed by atoms with Gasteiger partial charge in [-0.2, -0.15) is 0 Å². The molecule has 2 aromatic rings. The van der Waals surface area contributed by atoms with Crippen molar-refractivity contribution in [1.82, 2.24) is 4.98 Å². The molecule has 2 atom stereocenters. The number of pyridine rings is 1. The van der Waals surface area contributed by atoms with Gasteiger partial charge in [-0.1, -0.05) is 24.3 Å². The molecular weight excluding hydrogens is 243 g/mol. The van der Waals surface area contributed by atoms with Crippen LogP contribution in [0.3, 0.4) is 0 Å². The van der Waals surface area contributed by atoms with Gasteiger partial charge in [-0.25, -0.2) is 4.39 Å². The molecule has 0 aliphatic rings. The van der Waals surface area contributed by atoms with Gasteiger partial charge in [0.1, 0.15) is 11.9 Å². The van der Waals surface area contributed by atoms with E-state index in [1.807, 2.05) is 25.1 Å². The summed E-state index contributed by atoms with van der Waals surface area (Å²) < 4.78 is 19.2. The molecule has 0 fully saturated rings. The third-order valence-corrected chi connectivity index (χ3v) is 2.83. The Kier molecular flexibility index (Phi) is 4.60. The Labute approximate surface area is 112 Å². The SMILES string of the molecule is CC(N)C(OCc1ccccc1F)c1ccccn1. The van der Waals surface area contributed by atoms with E-state index in [0.29, 0.717) is 5.56 Å². The first-order valence-corrected chi connectivity index (χ1v) is 6.20. The van der Waals surface area contributed by atoms with Crippen LogP contribution >= 0.6 is 0 Å². The topological polar surface area (TPSA) is 48.1 Å². The first kappa shape index (κ1) is 13.6. The van der Waals surface area contributed by atoms with Crippen molar-refractivity contribution in [3.05, 3.63) is 65.7 Å². The van der Waals surface area contributed by atoms with Crippen LogP contribution in [-0.2, 0) is 11.3 Å². The minimum absolute atomic E-state index is 0.176. The molecule has 2 rings (SSSR count). The molecule has 0 aliphatic heterocycles. The minimum Gasteiger partial charge on any atom is -0.366 e. The number of ether oxygens (including phenoxy) is 1. The largest absolute Gasteiger partial charge is 0.366 e. The van der Waals surface area contributed by atoms with Crippen LogP contribution < -0.4 is 5.73 Å². The maximum Gasteiger partial charge on any atom is 0.128 e. The van der Waals surface area contributed by atoms with Gasteiger partial charge in [0, 0.05) is 17.8 Å². The Morgan fingerprint density at radius 2 is 1.95 bits per heavy atom. The van der Waals surface area contributed by atoms with E-state index >= 15 is 0 Å². The molecule has 0 saturated carbocycles. The van der Waals surface area contributed by atoms with Gasteiger partial charge in [0.05, 0.1) is 12.3 Å². The van der Waals surface area contributed by atoms with Gasteiger partial charge < -0.3 is 10.5 Å². The van der Waals surface area contributed by atoms with Gasteiger partial charge in [-0.15, -0.1) is 0 Å². The highest BCUT2D eigenvalue weighted by Crippen LogP contribution is 2.20. The summed E-state index contributed by atoms with van der Waals surface area (Å²) in [6.45, 7) is 2.02. The van der Waals surface area contributed by atoms with Crippen LogP contribution in [0, 0.1) is 5.82 Å². The van der Waals surface area contributed by atoms with E-state index in [9.17, 15) is 4.39 Å². The van der Waals surface area contributed by atoms with E-state index in [1.54, 1.807) is 24.4 Å². The zero-order chi connectivity index (χ0) is 13.7. The van der Waals surface area contributed by atoms with E-state index < -0.39 is 0 Å². The molecule has 0 saturated heterocycles. The number of benzene rings is 1. The molecule has 3 nitrogen and oxygen atoms in total. The van der Waals surface area contributed by atoms with Gasteiger partial charge >= 0.3 is 0 Å². The molecule has 4 heteroatoms. The molecule has 1 heterocycles. The first-order valence-electron chi connectivity index (χ1n) is 6.20. The molecule has 0 amide bonds. The van der Waals surface area contributed by atoms with Crippen LogP contribution in [0.5, 0.6) is 0 Å². The second-order valence-corrected chi connectivity index (χ2v) is 4.44. The van der Waals surface area contributed by atoms with E-state index in [4.69, 9.17) is 10.5 Å². The summed E-state index contributed by atoms with van der Waals surface area (Å²) >= 11 is 0. The normalized spacial score (nSPS) is 14.1. The van der Waals surface area contributed by atoms with Crippen molar-refractivity contribution in [3.8, 4) is 0 Å². The lowest BCUT2D eigenvalue weighted by Gasteiger charge is -2.21. The number of hydrogen-bond donors (Lipinski definition) is 1. The summed E-state index contributed by atoms with van der Waals surface area (Å²) in [6, 6.07) is 11.9. The predicted octanol–water partition coefficient (Wildman–Crippen LogP) is 2.83. The van der Waals surface area contributed by atoms with E-state index in [0.717, 1.165) is 5.69 Å². The van der Waals surface area contributed by atoms with Gasteiger partial charge in [-0.3, -0.25) is 4.98 Å². The molecule has 1 aromatic carbocycles. The molecule has 0 radical (unpaired) electrons. The standard InChI is InChI=1S/C15H17FN2O/c1-11(17)15(14-8-4-5-9-18-14)19-10-12-6-2-3-7-13(12)16/h2-9,11,15H,10,17H2,1H3. The molecule has 0 bridgehead atoms. The molecule has 2 unspecified atom stereocenters. The van der Waals surface area contributed by atoms with Crippen molar-refractivity contribution in [3.63, 3.8) is 0 Å². The average Bonchev–Trinajstić information content (AvgIpc) is 2.42. The second-order valence-electron chi connectivity index (χ2n) is 4.44. The zero-order valence-corrected chi connectivity index (χ0v) is 10.8. The van der Waals surface area contributed by atoms with Crippen LogP contribution in [0.25, 0.3) is 0 Å². The third-order valence-electron chi connectivity index (χ3n) is 2.83. The van der Waals surface area contributed by atoms with Crippen LogP contribution in [0.15, 0.2) is 48.7 Å². The number of hydrogen-bond acceptors (Lipinski definition) is 3. The highest BCUT2D eigenvalue weighted by atomic mass is 19.1. The summed E-state index contributed by atoms with van der Waals surface area (Å²) in [5.74, 6) is -0.271.